The summed E-state index contributed by atoms with van der Waals surface area (Å²) in [6.45, 7) is 5.67. The van der Waals surface area contributed by atoms with Crippen LogP contribution in [0.15, 0.2) is 121 Å². The van der Waals surface area contributed by atoms with Gasteiger partial charge in [0.25, 0.3) is 0 Å². The molecule has 0 aliphatic carbocycles. The minimum Gasteiger partial charge on any atom is -0.342 e. The highest BCUT2D eigenvalue weighted by Crippen LogP contribution is 2.51. The Morgan fingerprint density at radius 2 is 1.00 bits per heavy atom. The van der Waals surface area contributed by atoms with Crippen molar-refractivity contribution in [1.82, 2.24) is 4.67 Å². The molecule has 4 aromatic carbocycles. The molecule has 1 aliphatic heterocycles. The maximum absolute atomic E-state index is 7.10. The Bertz CT molecular complexity index is 1090. The van der Waals surface area contributed by atoms with Crippen molar-refractivity contribution in [3.63, 3.8) is 0 Å². The van der Waals surface area contributed by atoms with Crippen molar-refractivity contribution in [3.05, 3.63) is 121 Å². The van der Waals surface area contributed by atoms with E-state index in [9.17, 15) is 0 Å². The molecule has 1 fully saturated rings. The van der Waals surface area contributed by atoms with E-state index >= 15 is 0 Å². The average Bonchev–Trinajstić information content (AvgIpc) is 2.87. The van der Waals surface area contributed by atoms with Crippen LogP contribution in [0.4, 0.5) is 0 Å². The first kappa shape index (κ1) is 23.4. The van der Waals surface area contributed by atoms with Crippen LogP contribution in [0, 0.1) is 0 Å². The first-order valence-corrected chi connectivity index (χ1v) is 14.4. The standard InChI is InChI=1S/C30H31NOP2/c1-30(2,32-34(27-19-11-5-12-20-27)28-21-13-6-14-22-28)29-23-24-31(29)33(25-15-7-3-8-16-25)26-17-9-4-10-18-26/h3-22,29H,23-24H2,1-2H3/t29-/m0/s1. The van der Waals surface area contributed by atoms with Gasteiger partial charge in [0.1, 0.15) is 0 Å². The number of benzene rings is 4. The summed E-state index contributed by atoms with van der Waals surface area (Å²) in [7, 11) is -1.51. The number of rotatable bonds is 8. The molecule has 0 bridgehead atoms. The molecular formula is C30H31NOP2. The highest BCUT2D eigenvalue weighted by Gasteiger charge is 2.46. The Kier molecular flexibility index (Phi) is 7.23. The topological polar surface area (TPSA) is 12.5 Å². The van der Waals surface area contributed by atoms with Crippen LogP contribution in [-0.2, 0) is 4.52 Å². The molecule has 1 atom stereocenters. The maximum Gasteiger partial charge on any atom is 0.0926 e. The molecule has 0 unspecified atom stereocenters. The van der Waals surface area contributed by atoms with E-state index in [1.54, 1.807) is 0 Å². The van der Waals surface area contributed by atoms with Crippen LogP contribution in [0.5, 0.6) is 0 Å². The second-order valence-electron chi connectivity index (χ2n) is 9.11. The van der Waals surface area contributed by atoms with Crippen molar-refractivity contribution >= 4 is 37.4 Å². The lowest BCUT2D eigenvalue weighted by atomic mass is 9.91. The van der Waals surface area contributed by atoms with Crippen LogP contribution in [0.25, 0.3) is 0 Å². The Hall–Kier alpha value is -2.34. The third-order valence-corrected chi connectivity index (χ3v) is 11.1. The van der Waals surface area contributed by atoms with E-state index in [-0.39, 0.29) is 5.60 Å². The Labute approximate surface area is 206 Å². The van der Waals surface area contributed by atoms with E-state index in [0.29, 0.717) is 6.04 Å². The molecule has 0 N–H and O–H groups in total. The zero-order valence-electron chi connectivity index (χ0n) is 19.8. The fourth-order valence-electron chi connectivity index (χ4n) is 4.58. The molecule has 0 amide bonds. The van der Waals surface area contributed by atoms with Crippen molar-refractivity contribution in [1.29, 1.82) is 0 Å². The van der Waals surface area contributed by atoms with Crippen LogP contribution in [0.1, 0.15) is 20.3 Å². The van der Waals surface area contributed by atoms with Gasteiger partial charge in [0.2, 0.25) is 0 Å². The van der Waals surface area contributed by atoms with Crippen molar-refractivity contribution < 1.29 is 4.52 Å². The highest BCUT2D eigenvalue weighted by molar-refractivity contribution is 7.71. The van der Waals surface area contributed by atoms with Gasteiger partial charge < -0.3 is 4.52 Å². The van der Waals surface area contributed by atoms with Gasteiger partial charge in [0.15, 0.2) is 0 Å². The summed E-state index contributed by atoms with van der Waals surface area (Å²) in [6, 6.07) is 43.8. The van der Waals surface area contributed by atoms with E-state index < -0.39 is 16.2 Å². The molecule has 172 valence electrons. The molecule has 4 heteroatoms. The zero-order valence-corrected chi connectivity index (χ0v) is 21.6. The van der Waals surface area contributed by atoms with Gasteiger partial charge in [-0.25, -0.2) is 0 Å². The minimum atomic E-state index is -0.909. The minimum absolute atomic E-state index is 0.292. The summed E-state index contributed by atoms with van der Waals surface area (Å²) in [5.41, 5.74) is -0.292. The Morgan fingerprint density at radius 3 is 1.35 bits per heavy atom. The van der Waals surface area contributed by atoms with Crippen LogP contribution in [0.2, 0.25) is 0 Å². The molecule has 1 aliphatic rings. The maximum atomic E-state index is 7.10. The monoisotopic (exact) mass is 483 g/mol. The summed E-state index contributed by atoms with van der Waals surface area (Å²) in [5.74, 6) is 0. The largest absolute Gasteiger partial charge is 0.342 e. The summed E-state index contributed by atoms with van der Waals surface area (Å²) in [4.78, 5) is 0. The molecule has 4 aromatic rings. The van der Waals surface area contributed by atoms with Gasteiger partial charge in [0, 0.05) is 31.3 Å². The lowest BCUT2D eigenvalue weighted by Crippen LogP contribution is -2.58. The van der Waals surface area contributed by atoms with Gasteiger partial charge in [-0.2, -0.15) is 0 Å². The quantitative estimate of drug-likeness (QED) is 0.287. The molecular weight excluding hydrogens is 452 g/mol. The van der Waals surface area contributed by atoms with Crippen molar-refractivity contribution in [2.45, 2.75) is 31.9 Å². The highest BCUT2D eigenvalue weighted by atomic mass is 31.1. The van der Waals surface area contributed by atoms with Gasteiger partial charge in [-0.15, -0.1) is 0 Å². The lowest BCUT2D eigenvalue weighted by molar-refractivity contribution is 0.00210. The predicted octanol–water partition coefficient (Wildman–Crippen LogP) is 5.95. The number of hydrogen-bond donors (Lipinski definition) is 0. The normalized spacial score (nSPS) is 16.5. The van der Waals surface area contributed by atoms with Gasteiger partial charge >= 0.3 is 0 Å². The summed E-state index contributed by atoms with van der Waals surface area (Å²) in [6.07, 6.45) is 1.15. The average molecular weight is 484 g/mol. The number of nitrogens with zero attached hydrogens (tertiary/aromatic N) is 1. The molecule has 0 spiro atoms. The Morgan fingerprint density at radius 1 is 0.618 bits per heavy atom. The SMILES string of the molecule is CC(C)(OP(c1ccccc1)c1ccccc1)[C@@H]1CCN1P(c1ccccc1)c1ccccc1. The molecule has 1 saturated heterocycles. The van der Waals surface area contributed by atoms with Gasteiger partial charge in [-0.1, -0.05) is 121 Å². The molecule has 0 radical (unpaired) electrons. The second-order valence-corrected chi connectivity index (χ2v) is 13.1. The molecule has 5 rings (SSSR count). The van der Waals surface area contributed by atoms with Crippen LogP contribution < -0.4 is 21.2 Å². The molecule has 1 heterocycles. The first-order valence-electron chi connectivity index (χ1n) is 11.9. The molecule has 34 heavy (non-hydrogen) atoms. The van der Waals surface area contributed by atoms with Crippen molar-refractivity contribution in [2.24, 2.45) is 0 Å². The van der Waals surface area contributed by atoms with Crippen LogP contribution in [0.3, 0.4) is 0 Å². The fraction of sp³-hybridized carbons (Fsp3) is 0.200. The zero-order chi connectivity index (χ0) is 23.4. The summed E-state index contributed by atoms with van der Waals surface area (Å²) < 4.78 is 9.80. The fourth-order valence-corrected chi connectivity index (χ4v) is 9.36. The third-order valence-electron chi connectivity index (χ3n) is 6.36. The van der Waals surface area contributed by atoms with Crippen molar-refractivity contribution in [3.8, 4) is 0 Å². The van der Waals surface area contributed by atoms with Crippen molar-refractivity contribution in [2.75, 3.05) is 6.54 Å². The van der Waals surface area contributed by atoms with Gasteiger partial charge in [-0.3, -0.25) is 4.67 Å². The lowest BCUT2D eigenvalue weighted by Gasteiger charge is -2.53. The second kappa shape index (κ2) is 10.5. The van der Waals surface area contributed by atoms with E-state index in [1.807, 2.05) is 0 Å². The van der Waals surface area contributed by atoms with Crippen LogP contribution >= 0.6 is 16.2 Å². The van der Waals surface area contributed by atoms with E-state index in [1.165, 1.54) is 21.2 Å². The predicted molar refractivity (Wildman–Crippen MR) is 148 cm³/mol. The number of hydrogen-bond acceptors (Lipinski definition) is 2. The van der Waals surface area contributed by atoms with E-state index in [4.69, 9.17) is 4.52 Å². The summed E-state index contributed by atoms with van der Waals surface area (Å²) in [5, 5.41) is 5.32. The van der Waals surface area contributed by atoms with E-state index in [0.717, 1.165) is 13.0 Å². The molecule has 0 aromatic heterocycles. The smallest absolute Gasteiger partial charge is 0.0926 e. The van der Waals surface area contributed by atoms with Crippen LogP contribution in [-0.4, -0.2) is 22.9 Å². The van der Waals surface area contributed by atoms with E-state index in [2.05, 4.69) is 140 Å². The first-order chi connectivity index (χ1) is 16.6. The van der Waals surface area contributed by atoms with Gasteiger partial charge in [-0.05, 0) is 30.9 Å². The van der Waals surface area contributed by atoms with Gasteiger partial charge in [0.05, 0.1) is 13.7 Å². The third kappa shape index (κ3) is 5.02. The summed E-state index contributed by atoms with van der Waals surface area (Å²) >= 11 is 0. The molecule has 0 saturated carbocycles. The Balaban J connectivity index is 1.46. The molecule has 2 nitrogen and oxygen atoms in total.